The Bertz CT molecular complexity index is 812. The first kappa shape index (κ1) is 21.9. The summed E-state index contributed by atoms with van der Waals surface area (Å²) in [6.45, 7) is 2.60. The van der Waals surface area contributed by atoms with E-state index in [9.17, 15) is 14.0 Å². The Morgan fingerprint density at radius 2 is 1.82 bits per heavy atom. The van der Waals surface area contributed by atoms with Crippen LogP contribution in [0.15, 0.2) is 46.9 Å². The minimum Gasteiger partial charge on any atom is -0.496 e. The number of carbonyl (C=O) groups excluding carboxylic acids is 2. The molecule has 0 saturated carbocycles. The van der Waals surface area contributed by atoms with Crippen molar-refractivity contribution in [1.82, 2.24) is 10.2 Å². The Labute approximate surface area is 173 Å². The van der Waals surface area contributed by atoms with E-state index in [1.54, 1.807) is 19.2 Å². The number of methoxy groups -OCH3 is 1. The first-order valence-electron chi connectivity index (χ1n) is 9.04. The molecule has 28 heavy (non-hydrogen) atoms. The first-order valence-corrected chi connectivity index (χ1v) is 9.83. The van der Waals surface area contributed by atoms with Crippen molar-refractivity contribution < 1.29 is 18.7 Å². The molecule has 0 aliphatic heterocycles. The van der Waals surface area contributed by atoms with Gasteiger partial charge in [0.1, 0.15) is 11.6 Å². The Balaban J connectivity index is 1.82. The monoisotopic (exact) mass is 450 g/mol. The van der Waals surface area contributed by atoms with Crippen LogP contribution >= 0.6 is 15.9 Å². The summed E-state index contributed by atoms with van der Waals surface area (Å²) in [5, 5.41) is 2.76. The van der Waals surface area contributed by atoms with Crippen LogP contribution < -0.4 is 10.1 Å². The van der Waals surface area contributed by atoms with Gasteiger partial charge in [-0.1, -0.05) is 18.2 Å². The number of hydrogen-bond acceptors (Lipinski definition) is 3. The summed E-state index contributed by atoms with van der Waals surface area (Å²) in [5.74, 6) is 0.0999. The number of ether oxygens (including phenoxy) is 1. The maximum atomic E-state index is 12.9. The lowest BCUT2D eigenvalue weighted by Crippen LogP contribution is -2.40. The number of benzene rings is 2. The van der Waals surface area contributed by atoms with Crippen LogP contribution in [0.3, 0.4) is 0 Å². The number of nitrogens with one attached hydrogen (secondary N) is 1. The maximum Gasteiger partial charge on any atom is 0.239 e. The second kappa shape index (κ2) is 10.8. The zero-order chi connectivity index (χ0) is 20.5. The van der Waals surface area contributed by atoms with E-state index in [0.717, 1.165) is 21.3 Å². The fourth-order valence-electron chi connectivity index (χ4n) is 2.68. The van der Waals surface area contributed by atoms with Gasteiger partial charge in [0.25, 0.3) is 0 Å². The zero-order valence-electron chi connectivity index (χ0n) is 16.0. The van der Waals surface area contributed by atoms with Gasteiger partial charge < -0.3 is 15.0 Å². The molecule has 1 N–H and O–H groups in total. The van der Waals surface area contributed by atoms with E-state index >= 15 is 0 Å². The number of halogens is 2. The molecule has 5 nitrogen and oxygen atoms in total. The van der Waals surface area contributed by atoms with Crippen molar-refractivity contribution in [2.45, 2.75) is 26.3 Å². The SMILES string of the molecule is CCN(CC(=O)NCc1ccc(F)cc1)C(=O)CCc1ccc(OC)c(Br)c1. The molecule has 0 aliphatic carbocycles. The van der Waals surface area contributed by atoms with E-state index in [-0.39, 0.29) is 24.2 Å². The average molecular weight is 451 g/mol. The molecule has 0 spiro atoms. The van der Waals surface area contributed by atoms with E-state index in [4.69, 9.17) is 4.74 Å². The number of likely N-dealkylation sites (N-methyl/N-ethyl adjacent to an activating group) is 1. The van der Waals surface area contributed by atoms with Crippen molar-refractivity contribution in [3.8, 4) is 5.75 Å². The van der Waals surface area contributed by atoms with E-state index in [1.165, 1.54) is 17.0 Å². The molecular formula is C21H24BrFN2O3. The van der Waals surface area contributed by atoms with Crippen LogP contribution in [0.1, 0.15) is 24.5 Å². The number of carbonyl (C=O) groups is 2. The highest BCUT2D eigenvalue weighted by Crippen LogP contribution is 2.26. The lowest BCUT2D eigenvalue weighted by molar-refractivity contribution is -0.135. The molecule has 7 heteroatoms. The predicted octanol–water partition coefficient (Wildman–Crippen LogP) is 3.69. The molecule has 0 unspecified atom stereocenters. The third-order valence-corrected chi connectivity index (χ3v) is 4.94. The molecule has 0 fully saturated rings. The van der Waals surface area contributed by atoms with Gasteiger partial charge >= 0.3 is 0 Å². The van der Waals surface area contributed by atoms with Gasteiger partial charge in [-0.15, -0.1) is 0 Å². The van der Waals surface area contributed by atoms with Gasteiger partial charge in [0, 0.05) is 19.5 Å². The molecule has 2 aromatic carbocycles. The summed E-state index contributed by atoms with van der Waals surface area (Å²) in [6, 6.07) is 11.6. The van der Waals surface area contributed by atoms with Gasteiger partial charge in [-0.25, -0.2) is 4.39 Å². The van der Waals surface area contributed by atoms with Gasteiger partial charge in [0.2, 0.25) is 11.8 Å². The van der Waals surface area contributed by atoms with E-state index in [0.29, 0.717) is 25.9 Å². The molecule has 0 saturated heterocycles. The predicted molar refractivity (Wildman–Crippen MR) is 110 cm³/mol. The fraction of sp³-hybridized carbons (Fsp3) is 0.333. The van der Waals surface area contributed by atoms with Gasteiger partial charge in [0.05, 0.1) is 18.1 Å². The number of hydrogen-bond donors (Lipinski definition) is 1. The molecule has 0 heterocycles. The van der Waals surface area contributed by atoms with Crippen molar-refractivity contribution in [2.75, 3.05) is 20.2 Å². The zero-order valence-corrected chi connectivity index (χ0v) is 17.6. The molecule has 0 aliphatic rings. The standard InChI is InChI=1S/C21H24BrFN2O3/c1-3-25(14-20(26)24-13-16-4-8-17(23)9-5-16)21(27)11-7-15-6-10-19(28-2)18(22)12-15/h4-6,8-10,12H,3,7,11,13-14H2,1-2H3,(H,24,26). The van der Waals surface area contributed by atoms with Crippen LogP contribution in [0.4, 0.5) is 4.39 Å². The largest absolute Gasteiger partial charge is 0.496 e. The van der Waals surface area contributed by atoms with Gasteiger partial charge in [-0.05, 0) is 64.7 Å². The van der Waals surface area contributed by atoms with Crippen molar-refractivity contribution in [2.24, 2.45) is 0 Å². The summed E-state index contributed by atoms with van der Waals surface area (Å²) in [4.78, 5) is 26.1. The third-order valence-electron chi connectivity index (χ3n) is 4.32. The Morgan fingerprint density at radius 3 is 2.43 bits per heavy atom. The summed E-state index contributed by atoms with van der Waals surface area (Å²) in [6.07, 6.45) is 0.896. The maximum absolute atomic E-state index is 12.9. The van der Waals surface area contributed by atoms with Gasteiger partial charge in [0.15, 0.2) is 0 Å². The molecule has 2 amide bonds. The van der Waals surface area contributed by atoms with Crippen molar-refractivity contribution in [1.29, 1.82) is 0 Å². The summed E-state index contributed by atoms with van der Waals surface area (Å²) in [7, 11) is 1.60. The highest BCUT2D eigenvalue weighted by Gasteiger charge is 2.15. The molecule has 2 aromatic rings. The van der Waals surface area contributed by atoms with Crippen LogP contribution in [0.5, 0.6) is 5.75 Å². The highest BCUT2D eigenvalue weighted by molar-refractivity contribution is 9.10. The van der Waals surface area contributed by atoms with Crippen molar-refractivity contribution in [3.63, 3.8) is 0 Å². The second-order valence-corrected chi connectivity index (χ2v) is 7.13. The quantitative estimate of drug-likeness (QED) is 0.633. The van der Waals surface area contributed by atoms with Crippen LogP contribution in [0.25, 0.3) is 0 Å². The second-order valence-electron chi connectivity index (χ2n) is 6.28. The Kier molecular flexibility index (Phi) is 8.44. The molecule has 0 bridgehead atoms. The van der Waals surface area contributed by atoms with Crippen LogP contribution in [-0.2, 0) is 22.6 Å². The van der Waals surface area contributed by atoms with Crippen LogP contribution in [-0.4, -0.2) is 36.9 Å². The van der Waals surface area contributed by atoms with E-state index in [2.05, 4.69) is 21.2 Å². The lowest BCUT2D eigenvalue weighted by Gasteiger charge is -2.20. The highest BCUT2D eigenvalue weighted by atomic mass is 79.9. The lowest BCUT2D eigenvalue weighted by atomic mass is 10.1. The van der Waals surface area contributed by atoms with Crippen LogP contribution in [0, 0.1) is 5.82 Å². The van der Waals surface area contributed by atoms with Crippen LogP contribution in [0.2, 0.25) is 0 Å². The molecular weight excluding hydrogens is 427 g/mol. The number of aryl methyl sites for hydroxylation is 1. The summed E-state index contributed by atoms with van der Waals surface area (Å²) < 4.78 is 18.9. The van der Waals surface area contributed by atoms with Crippen molar-refractivity contribution >= 4 is 27.7 Å². The van der Waals surface area contributed by atoms with E-state index < -0.39 is 0 Å². The van der Waals surface area contributed by atoms with Crippen molar-refractivity contribution in [3.05, 3.63) is 63.9 Å². The molecule has 0 aromatic heterocycles. The summed E-state index contributed by atoms with van der Waals surface area (Å²) >= 11 is 3.44. The number of nitrogens with zero attached hydrogens (tertiary/aromatic N) is 1. The Morgan fingerprint density at radius 1 is 1.14 bits per heavy atom. The Hall–Kier alpha value is -2.41. The summed E-state index contributed by atoms with van der Waals surface area (Å²) in [5.41, 5.74) is 1.81. The molecule has 0 radical (unpaired) electrons. The van der Waals surface area contributed by atoms with Gasteiger partial charge in [-0.2, -0.15) is 0 Å². The normalized spacial score (nSPS) is 10.4. The number of rotatable bonds is 9. The first-order chi connectivity index (χ1) is 13.4. The third kappa shape index (κ3) is 6.64. The van der Waals surface area contributed by atoms with Gasteiger partial charge in [-0.3, -0.25) is 9.59 Å². The minimum atomic E-state index is -0.318. The molecule has 150 valence electrons. The topological polar surface area (TPSA) is 58.6 Å². The minimum absolute atomic E-state index is 0.00281. The average Bonchev–Trinajstić information content (AvgIpc) is 2.69. The molecule has 0 atom stereocenters. The number of amides is 2. The van der Waals surface area contributed by atoms with E-state index in [1.807, 2.05) is 25.1 Å². The fourth-order valence-corrected chi connectivity index (χ4v) is 3.27. The molecule has 2 rings (SSSR count). The smallest absolute Gasteiger partial charge is 0.239 e.